The molecule has 2 aromatic rings. The van der Waals surface area contributed by atoms with Crippen LogP contribution < -0.4 is 5.32 Å². The van der Waals surface area contributed by atoms with E-state index >= 15 is 0 Å². The van der Waals surface area contributed by atoms with Gasteiger partial charge >= 0.3 is 0 Å². The van der Waals surface area contributed by atoms with E-state index in [0.717, 1.165) is 11.1 Å². The molecule has 0 saturated carbocycles. The standard InChI is InChI=1S/C19H20FNO/c1-14(2)19(16-6-4-3-5-7-16)21-18(22)13-10-15-8-11-17(20)12-9-15/h3-14,19H,1-2H3,(H,21,22)/b13-10+/t19-/m0/s1. The van der Waals surface area contributed by atoms with Gasteiger partial charge in [-0.15, -0.1) is 0 Å². The number of rotatable bonds is 5. The van der Waals surface area contributed by atoms with Gasteiger partial charge in [0.15, 0.2) is 0 Å². The topological polar surface area (TPSA) is 29.1 Å². The summed E-state index contributed by atoms with van der Waals surface area (Å²) in [6.07, 6.45) is 3.16. The Bertz CT molecular complexity index is 632. The Morgan fingerprint density at radius 3 is 2.27 bits per heavy atom. The molecule has 114 valence electrons. The molecule has 0 radical (unpaired) electrons. The molecular weight excluding hydrogens is 277 g/mol. The molecule has 0 heterocycles. The number of hydrogen-bond acceptors (Lipinski definition) is 1. The zero-order valence-electron chi connectivity index (χ0n) is 12.8. The average molecular weight is 297 g/mol. The molecule has 0 bridgehead atoms. The van der Waals surface area contributed by atoms with Gasteiger partial charge in [0, 0.05) is 6.08 Å². The molecule has 0 spiro atoms. The molecule has 3 heteroatoms. The fraction of sp³-hybridized carbons (Fsp3) is 0.211. The van der Waals surface area contributed by atoms with Crippen LogP contribution in [0.3, 0.4) is 0 Å². The lowest BCUT2D eigenvalue weighted by Gasteiger charge is -2.22. The number of nitrogens with one attached hydrogen (secondary N) is 1. The van der Waals surface area contributed by atoms with Crippen LogP contribution in [-0.4, -0.2) is 5.91 Å². The minimum Gasteiger partial charge on any atom is -0.345 e. The van der Waals surface area contributed by atoms with Gasteiger partial charge in [0.05, 0.1) is 6.04 Å². The molecule has 0 saturated heterocycles. The number of carbonyl (C=O) groups excluding carboxylic acids is 1. The predicted octanol–water partition coefficient (Wildman–Crippen LogP) is 4.35. The van der Waals surface area contributed by atoms with Crippen molar-refractivity contribution in [3.05, 3.63) is 77.6 Å². The lowest BCUT2D eigenvalue weighted by atomic mass is 9.96. The van der Waals surface area contributed by atoms with Crippen LogP contribution in [0, 0.1) is 11.7 Å². The summed E-state index contributed by atoms with van der Waals surface area (Å²) in [5.74, 6) is -0.164. The smallest absolute Gasteiger partial charge is 0.244 e. The van der Waals surface area contributed by atoms with Crippen molar-refractivity contribution in [3.63, 3.8) is 0 Å². The minimum absolute atomic E-state index is 0.0356. The van der Waals surface area contributed by atoms with Crippen molar-refractivity contribution in [2.75, 3.05) is 0 Å². The van der Waals surface area contributed by atoms with Crippen LogP contribution in [0.1, 0.15) is 31.0 Å². The minimum atomic E-state index is -0.287. The first kappa shape index (κ1) is 16.0. The Kier molecular flexibility index (Phi) is 5.48. The summed E-state index contributed by atoms with van der Waals surface area (Å²) in [5, 5.41) is 3.01. The second-order valence-electron chi connectivity index (χ2n) is 5.53. The van der Waals surface area contributed by atoms with Crippen molar-refractivity contribution in [1.29, 1.82) is 0 Å². The van der Waals surface area contributed by atoms with Gasteiger partial charge in [-0.3, -0.25) is 4.79 Å². The van der Waals surface area contributed by atoms with Crippen LogP contribution in [0.4, 0.5) is 4.39 Å². The third kappa shape index (κ3) is 4.55. The highest BCUT2D eigenvalue weighted by Gasteiger charge is 2.16. The van der Waals surface area contributed by atoms with Crippen LogP contribution in [0.2, 0.25) is 0 Å². The van der Waals surface area contributed by atoms with Gasteiger partial charge in [-0.2, -0.15) is 0 Å². The molecule has 1 amide bonds. The van der Waals surface area contributed by atoms with Crippen molar-refractivity contribution in [2.45, 2.75) is 19.9 Å². The molecule has 2 rings (SSSR count). The maximum atomic E-state index is 12.8. The van der Waals surface area contributed by atoms with Gasteiger partial charge in [0.2, 0.25) is 5.91 Å². The summed E-state index contributed by atoms with van der Waals surface area (Å²) in [5.41, 5.74) is 1.87. The van der Waals surface area contributed by atoms with Crippen molar-refractivity contribution < 1.29 is 9.18 Å². The van der Waals surface area contributed by atoms with Gasteiger partial charge < -0.3 is 5.32 Å². The highest BCUT2D eigenvalue weighted by Crippen LogP contribution is 2.21. The molecule has 0 fully saturated rings. The number of amides is 1. The summed E-state index contributed by atoms with van der Waals surface area (Å²) >= 11 is 0. The molecule has 2 nitrogen and oxygen atoms in total. The SMILES string of the molecule is CC(C)[C@H](NC(=O)/C=C/c1ccc(F)cc1)c1ccccc1. The lowest BCUT2D eigenvalue weighted by Crippen LogP contribution is -2.30. The van der Waals surface area contributed by atoms with Gasteiger partial charge in [-0.1, -0.05) is 56.3 Å². The summed E-state index contributed by atoms with van der Waals surface area (Å²) in [6.45, 7) is 4.14. The number of halogens is 1. The van der Waals surface area contributed by atoms with E-state index < -0.39 is 0 Å². The number of carbonyl (C=O) groups is 1. The van der Waals surface area contributed by atoms with Crippen LogP contribution in [0.15, 0.2) is 60.7 Å². The Labute approximate surface area is 130 Å². The zero-order chi connectivity index (χ0) is 15.9. The number of hydrogen-bond donors (Lipinski definition) is 1. The molecular formula is C19H20FNO. The van der Waals surface area contributed by atoms with Gasteiger partial charge in [0.25, 0.3) is 0 Å². The zero-order valence-corrected chi connectivity index (χ0v) is 12.8. The van der Waals surface area contributed by atoms with Gasteiger partial charge in [-0.25, -0.2) is 4.39 Å². The molecule has 1 N–H and O–H groups in total. The van der Waals surface area contributed by atoms with Crippen molar-refractivity contribution in [2.24, 2.45) is 5.92 Å². The maximum absolute atomic E-state index is 12.8. The molecule has 0 aliphatic rings. The Balaban J connectivity index is 2.04. The third-order valence-electron chi connectivity index (χ3n) is 3.42. The van der Waals surface area contributed by atoms with Gasteiger partial charge in [-0.05, 0) is 35.3 Å². The Morgan fingerprint density at radius 2 is 1.68 bits per heavy atom. The summed E-state index contributed by atoms with van der Waals surface area (Å²) in [7, 11) is 0. The van der Waals surface area contributed by atoms with Crippen molar-refractivity contribution in [3.8, 4) is 0 Å². The van der Waals surface area contributed by atoms with Crippen LogP contribution in [0.25, 0.3) is 6.08 Å². The first-order chi connectivity index (χ1) is 10.6. The van der Waals surface area contributed by atoms with Crippen LogP contribution in [-0.2, 0) is 4.79 Å². The van der Waals surface area contributed by atoms with E-state index in [0.29, 0.717) is 0 Å². The predicted molar refractivity (Wildman–Crippen MR) is 87.6 cm³/mol. The highest BCUT2D eigenvalue weighted by molar-refractivity contribution is 5.92. The normalized spacial score (nSPS) is 12.5. The van der Waals surface area contributed by atoms with Crippen molar-refractivity contribution in [1.82, 2.24) is 5.32 Å². The molecule has 0 aromatic heterocycles. The largest absolute Gasteiger partial charge is 0.345 e. The van der Waals surface area contributed by atoms with Gasteiger partial charge in [0.1, 0.15) is 5.82 Å². The average Bonchev–Trinajstić information content (AvgIpc) is 2.52. The van der Waals surface area contributed by atoms with E-state index in [1.165, 1.54) is 18.2 Å². The molecule has 22 heavy (non-hydrogen) atoms. The number of benzene rings is 2. The van der Waals surface area contributed by atoms with Crippen LogP contribution in [0.5, 0.6) is 0 Å². The third-order valence-corrected chi connectivity index (χ3v) is 3.42. The highest BCUT2D eigenvalue weighted by atomic mass is 19.1. The summed E-state index contributed by atoms with van der Waals surface area (Å²) in [4.78, 5) is 12.1. The maximum Gasteiger partial charge on any atom is 0.244 e. The summed E-state index contributed by atoms with van der Waals surface area (Å²) < 4.78 is 12.8. The monoisotopic (exact) mass is 297 g/mol. The lowest BCUT2D eigenvalue weighted by molar-refractivity contribution is -0.117. The fourth-order valence-corrected chi connectivity index (χ4v) is 2.24. The molecule has 1 atom stereocenters. The molecule has 0 aliphatic carbocycles. The summed E-state index contributed by atoms with van der Waals surface area (Å²) in [6, 6.07) is 15.9. The van der Waals surface area contributed by atoms with E-state index in [1.54, 1.807) is 18.2 Å². The Hall–Kier alpha value is -2.42. The van der Waals surface area contributed by atoms with E-state index in [-0.39, 0.29) is 23.7 Å². The quantitative estimate of drug-likeness (QED) is 0.817. The molecule has 0 unspecified atom stereocenters. The first-order valence-electron chi connectivity index (χ1n) is 7.35. The van der Waals surface area contributed by atoms with E-state index in [9.17, 15) is 9.18 Å². The van der Waals surface area contributed by atoms with E-state index in [1.807, 2.05) is 30.3 Å². The fourth-order valence-electron chi connectivity index (χ4n) is 2.24. The van der Waals surface area contributed by atoms with Crippen LogP contribution >= 0.6 is 0 Å². The van der Waals surface area contributed by atoms with Crippen molar-refractivity contribution >= 4 is 12.0 Å². The molecule has 0 aliphatic heterocycles. The van der Waals surface area contributed by atoms with E-state index in [4.69, 9.17) is 0 Å². The molecule has 2 aromatic carbocycles. The Morgan fingerprint density at radius 1 is 1.05 bits per heavy atom. The van der Waals surface area contributed by atoms with E-state index in [2.05, 4.69) is 19.2 Å². The second kappa shape index (κ2) is 7.55. The first-order valence-corrected chi connectivity index (χ1v) is 7.35. The second-order valence-corrected chi connectivity index (χ2v) is 5.53.